The minimum Gasteiger partial charge on any atom is -0.431 e. The summed E-state index contributed by atoms with van der Waals surface area (Å²) in [6.07, 6.45) is -2.56. The highest BCUT2D eigenvalue weighted by atomic mass is 19.4. The van der Waals surface area contributed by atoms with Crippen LogP contribution in [0.5, 0.6) is 0 Å². The first-order valence-corrected chi connectivity index (χ1v) is 9.65. The number of amides is 1. The van der Waals surface area contributed by atoms with Crippen molar-refractivity contribution in [3.8, 4) is 11.5 Å². The Balaban J connectivity index is 1.53. The van der Waals surface area contributed by atoms with Gasteiger partial charge in [0.1, 0.15) is 5.82 Å². The zero-order chi connectivity index (χ0) is 22.0. The minimum absolute atomic E-state index is 0.225. The van der Waals surface area contributed by atoms with Gasteiger partial charge >= 0.3 is 6.18 Å². The van der Waals surface area contributed by atoms with Crippen LogP contribution in [0, 0.1) is 0 Å². The number of hydrogen-bond donors (Lipinski definition) is 2. The third-order valence-corrected chi connectivity index (χ3v) is 4.91. The number of carbonyl (C=O) groups excluding carboxylic acids is 1. The first kappa shape index (κ1) is 20.9. The number of carbonyl (C=O) groups is 1. The average Bonchev–Trinajstić information content (AvgIpc) is 3.22. The number of nitrogens with zero attached hydrogens (tertiary/aromatic N) is 3. The number of hydrogen-bond acceptors (Lipinski definition) is 6. The maximum atomic E-state index is 13.4. The topological polar surface area (TPSA) is 91.5 Å². The normalized spacial score (nSPS) is 15.2. The number of alkyl halides is 3. The van der Waals surface area contributed by atoms with E-state index in [1.807, 2.05) is 4.90 Å². The fraction of sp³-hybridized carbons (Fsp3) is 0.286. The molecule has 3 aromatic rings. The zero-order valence-electron chi connectivity index (χ0n) is 16.3. The van der Waals surface area contributed by atoms with Crippen molar-refractivity contribution in [3.63, 3.8) is 0 Å². The van der Waals surface area contributed by atoms with E-state index in [4.69, 9.17) is 4.42 Å². The van der Waals surface area contributed by atoms with Crippen molar-refractivity contribution in [2.45, 2.75) is 25.1 Å². The molecule has 0 radical (unpaired) electrons. The Morgan fingerprint density at radius 2 is 1.84 bits per heavy atom. The van der Waals surface area contributed by atoms with Gasteiger partial charge < -0.3 is 19.7 Å². The van der Waals surface area contributed by atoms with E-state index in [1.165, 1.54) is 18.3 Å². The van der Waals surface area contributed by atoms with Crippen LogP contribution in [0.2, 0.25) is 0 Å². The molecule has 2 aromatic heterocycles. The number of aliphatic hydroxyl groups excluding tert-OH is 1. The predicted molar refractivity (Wildman–Crippen MR) is 107 cm³/mol. The van der Waals surface area contributed by atoms with Gasteiger partial charge in [0.25, 0.3) is 5.91 Å². The van der Waals surface area contributed by atoms with E-state index >= 15 is 0 Å². The molecule has 7 nitrogen and oxygen atoms in total. The standard InChI is InChI=1S/C21H19F3N4O3/c22-21(23,24)18-17(27-20(31-18)13-4-2-1-3-5-13)19(30)26-14-6-7-16(25-12-14)28-10-8-15(29)9-11-28/h1-7,12,15,29H,8-11H2,(H,26,30). The van der Waals surface area contributed by atoms with Crippen molar-refractivity contribution in [2.24, 2.45) is 0 Å². The van der Waals surface area contributed by atoms with Crippen molar-refractivity contribution in [1.82, 2.24) is 9.97 Å². The quantitative estimate of drug-likeness (QED) is 0.648. The molecule has 1 aliphatic rings. The second kappa shape index (κ2) is 8.38. The van der Waals surface area contributed by atoms with E-state index in [9.17, 15) is 23.1 Å². The number of halogens is 3. The number of oxazole rings is 1. The van der Waals surface area contributed by atoms with Gasteiger partial charge in [0.2, 0.25) is 11.7 Å². The molecule has 0 atom stereocenters. The number of piperidine rings is 1. The van der Waals surface area contributed by atoms with Gasteiger partial charge in [0.05, 0.1) is 18.0 Å². The van der Waals surface area contributed by atoms with Gasteiger partial charge in [-0.3, -0.25) is 4.79 Å². The molecule has 1 amide bonds. The van der Waals surface area contributed by atoms with Crippen LogP contribution in [0.15, 0.2) is 53.1 Å². The van der Waals surface area contributed by atoms with Crippen molar-refractivity contribution >= 4 is 17.4 Å². The summed E-state index contributed by atoms with van der Waals surface area (Å²) in [7, 11) is 0. The van der Waals surface area contributed by atoms with Crippen LogP contribution in [-0.4, -0.2) is 40.2 Å². The Morgan fingerprint density at radius 1 is 1.13 bits per heavy atom. The van der Waals surface area contributed by atoms with Gasteiger partial charge in [-0.1, -0.05) is 18.2 Å². The lowest BCUT2D eigenvalue weighted by atomic mass is 10.1. The molecule has 1 aliphatic heterocycles. The molecule has 10 heteroatoms. The lowest BCUT2D eigenvalue weighted by Gasteiger charge is -2.30. The number of benzene rings is 1. The predicted octanol–water partition coefficient (Wildman–Crippen LogP) is 3.97. The Morgan fingerprint density at radius 3 is 2.45 bits per heavy atom. The van der Waals surface area contributed by atoms with Crippen molar-refractivity contribution in [1.29, 1.82) is 0 Å². The Kier molecular flexibility index (Phi) is 5.64. The summed E-state index contributed by atoms with van der Waals surface area (Å²) >= 11 is 0. The van der Waals surface area contributed by atoms with Gasteiger partial charge in [0.15, 0.2) is 5.69 Å². The van der Waals surface area contributed by atoms with Crippen LogP contribution in [0.25, 0.3) is 11.5 Å². The van der Waals surface area contributed by atoms with Crippen molar-refractivity contribution in [3.05, 3.63) is 60.1 Å². The molecular weight excluding hydrogens is 413 g/mol. The van der Waals surface area contributed by atoms with Gasteiger partial charge in [-0.25, -0.2) is 9.97 Å². The van der Waals surface area contributed by atoms with Crippen LogP contribution in [-0.2, 0) is 6.18 Å². The first-order valence-electron chi connectivity index (χ1n) is 9.65. The summed E-state index contributed by atoms with van der Waals surface area (Å²) < 4.78 is 45.1. The fourth-order valence-electron chi connectivity index (χ4n) is 3.30. The summed E-state index contributed by atoms with van der Waals surface area (Å²) in [5, 5.41) is 12.0. The number of pyridine rings is 1. The molecule has 162 valence electrons. The number of anilines is 2. The van der Waals surface area contributed by atoms with E-state index in [-0.39, 0.29) is 17.7 Å². The van der Waals surface area contributed by atoms with E-state index in [2.05, 4.69) is 15.3 Å². The molecular formula is C21H19F3N4O3. The smallest absolute Gasteiger partial charge is 0.431 e. The molecule has 0 saturated carbocycles. The van der Waals surface area contributed by atoms with Gasteiger partial charge in [-0.05, 0) is 37.1 Å². The highest BCUT2D eigenvalue weighted by Gasteiger charge is 2.42. The van der Waals surface area contributed by atoms with E-state index in [0.29, 0.717) is 37.3 Å². The highest BCUT2D eigenvalue weighted by Crippen LogP contribution is 2.35. The van der Waals surface area contributed by atoms with E-state index in [1.54, 1.807) is 30.3 Å². The third kappa shape index (κ3) is 4.69. The van der Waals surface area contributed by atoms with Gasteiger partial charge in [-0.2, -0.15) is 13.2 Å². The second-order valence-corrected chi connectivity index (χ2v) is 7.14. The van der Waals surface area contributed by atoms with Crippen LogP contribution in [0.3, 0.4) is 0 Å². The summed E-state index contributed by atoms with van der Waals surface area (Å²) in [5.74, 6) is -2.14. The van der Waals surface area contributed by atoms with E-state index < -0.39 is 23.5 Å². The molecule has 1 saturated heterocycles. The van der Waals surface area contributed by atoms with Crippen LogP contribution in [0.4, 0.5) is 24.7 Å². The average molecular weight is 432 g/mol. The minimum atomic E-state index is -4.88. The summed E-state index contributed by atoms with van der Waals surface area (Å²) in [4.78, 5) is 22.6. The third-order valence-electron chi connectivity index (χ3n) is 4.91. The van der Waals surface area contributed by atoms with Crippen molar-refractivity contribution < 1.29 is 27.5 Å². The molecule has 2 N–H and O–H groups in total. The van der Waals surface area contributed by atoms with Gasteiger partial charge in [0, 0.05) is 18.7 Å². The molecule has 0 spiro atoms. The molecule has 0 unspecified atom stereocenters. The monoisotopic (exact) mass is 432 g/mol. The lowest BCUT2D eigenvalue weighted by Crippen LogP contribution is -2.36. The molecule has 3 heterocycles. The number of nitrogens with one attached hydrogen (secondary N) is 1. The van der Waals surface area contributed by atoms with Gasteiger partial charge in [-0.15, -0.1) is 0 Å². The Labute approximate surface area is 175 Å². The SMILES string of the molecule is O=C(Nc1ccc(N2CCC(O)CC2)nc1)c1nc(-c2ccccc2)oc1C(F)(F)F. The first-order chi connectivity index (χ1) is 14.8. The molecule has 4 rings (SSSR count). The van der Waals surface area contributed by atoms with Crippen LogP contribution in [0.1, 0.15) is 29.1 Å². The van der Waals surface area contributed by atoms with E-state index in [0.717, 1.165) is 0 Å². The fourth-order valence-corrected chi connectivity index (χ4v) is 3.30. The number of rotatable bonds is 4. The largest absolute Gasteiger partial charge is 0.452 e. The second-order valence-electron chi connectivity index (χ2n) is 7.14. The molecule has 31 heavy (non-hydrogen) atoms. The summed E-state index contributed by atoms with van der Waals surface area (Å²) in [6.45, 7) is 1.30. The number of aliphatic hydroxyl groups is 1. The maximum Gasteiger partial charge on any atom is 0.452 e. The van der Waals surface area contributed by atoms with Crippen LogP contribution < -0.4 is 10.2 Å². The molecule has 0 aliphatic carbocycles. The van der Waals surface area contributed by atoms with Crippen molar-refractivity contribution in [2.75, 3.05) is 23.3 Å². The molecule has 1 aromatic carbocycles. The maximum absolute atomic E-state index is 13.4. The summed E-state index contributed by atoms with van der Waals surface area (Å²) in [5.41, 5.74) is -0.298. The molecule has 1 fully saturated rings. The highest BCUT2D eigenvalue weighted by molar-refractivity contribution is 6.04. The zero-order valence-corrected chi connectivity index (χ0v) is 16.3. The summed E-state index contributed by atoms with van der Waals surface area (Å²) in [6, 6.07) is 11.2. The Bertz CT molecular complexity index is 1040. The number of aromatic nitrogens is 2. The van der Waals surface area contributed by atoms with Crippen LogP contribution >= 0.6 is 0 Å². The Hall–Kier alpha value is -3.40. The molecule has 0 bridgehead atoms. The lowest BCUT2D eigenvalue weighted by molar-refractivity contribution is -0.153.